The van der Waals surface area contributed by atoms with Crippen molar-refractivity contribution in [2.45, 2.75) is 31.4 Å². The van der Waals surface area contributed by atoms with Gasteiger partial charge in [0.1, 0.15) is 5.75 Å². The van der Waals surface area contributed by atoms with Gasteiger partial charge in [0.25, 0.3) is 0 Å². The molecule has 1 fully saturated rings. The average molecular weight is 283 g/mol. The van der Waals surface area contributed by atoms with Crippen LogP contribution in [0.25, 0.3) is 0 Å². The van der Waals surface area contributed by atoms with E-state index in [0.717, 1.165) is 18.6 Å². The molecule has 1 aliphatic carbocycles. The van der Waals surface area contributed by atoms with Crippen LogP contribution >= 0.6 is 0 Å². The second-order valence-electron chi connectivity index (χ2n) is 5.53. The molecule has 0 heterocycles. The van der Waals surface area contributed by atoms with Gasteiger partial charge in [-0.2, -0.15) is 5.48 Å². The highest BCUT2D eigenvalue weighted by atomic mass is 16.6. The third-order valence-corrected chi connectivity index (χ3v) is 4.06. The Morgan fingerprint density at radius 1 is 1.00 bits per heavy atom. The molecule has 2 aromatic carbocycles. The van der Waals surface area contributed by atoms with E-state index in [4.69, 9.17) is 9.57 Å². The highest BCUT2D eigenvalue weighted by Gasteiger charge is 2.30. The standard InChI is InChI=1S/C18H21NO2/c1-20-18-9-7-15(8-10-18)16-11-17(12-16)19-21-13-14-5-3-2-4-6-14/h2-10,16-17,19H,11-13H2,1H3. The molecule has 21 heavy (non-hydrogen) atoms. The lowest BCUT2D eigenvalue weighted by Gasteiger charge is -2.35. The Balaban J connectivity index is 1.39. The fourth-order valence-electron chi connectivity index (χ4n) is 2.68. The Hall–Kier alpha value is -1.84. The Labute approximate surface area is 125 Å². The summed E-state index contributed by atoms with van der Waals surface area (Å²) in [5.74, 6) is 1.55. The van der Waals surface area contributed by atoms with E-state index in [0.29, 0.717) is 18.6 Å². The summed E-state index contributed by atoms with van der Waals surface area (Å²) in [5, 5.41) is 0. The van der Waals surface area contributed by atoms with Crippen molar-refractivity contribution in [3.63, 3.8) is 0 Å². The summed E-state index contributed by atoms with van der Waals surface area (Å²) in [5.41, 5.74) is 5.74. The Morgan fingerprint density at radius 3 is 2.38 bits per heavy atom. The average Bonchev–Trinajstić information content (AvgIpc) is 2.51. The van der Waals surface area contributed by atoms with Gasteiger partial charge in [0, 0.05) is 6.04 Å². The van der Waals surface area contributed by atoms with Gasteiger partial charge in [-0.1, -0.05) is 42.5 Å². The summed E-state index contributed by atoms with van der Waals surface area (Å²) in [7, 11) is 1.70. The van der Waals surface area contributed by atoms with Crippen LogP contribution in [0, 0.1) is 0 Å². The van der Waals surface area contributed by atoms with E-state index in [-0.39, 0.29) is 0 Å². The number of hydroxylamine groups is 1. The van der Waals surface area contributed by atoms with Crippen LogP contribution in [0.15, 0.2) is 54.6 Å². The molecule has 0 radical (unpaired) electrons. The molecule has 3 heteroatoms. The number of rotatable bonds is 6. The van der Waals surface area contributed by atoms with Crippen LogP contribution in [0.2, 0.25) is 0 Å². The summed E-state index contributed by atoms with van der Waals surface area (Å²) < 4.78 is 5.18. The maximum Gasteiger partial charge on any atom is 0.118 e. The normalized spacial score (nSPS) is 20.8. The Kier molecular flexibility index (Phi) is 4.53. The smallest absolute Gasteiger partial charge is 0.118 e. The molecule has 0 amide bonds. The quantitative estimate of drug-likeness (QED) is 0.821. The molecule has 1 aliphatic rings. The molecule has 2 aromatic rings. The summed E-state index contributed by atoms with van der Waals surface area (Å²) in [4.78, 5) is 5.57. The van der Waals surface area contributed by atoms with Crippen LogP contribution in [-0.4, -0.2) is 13.2 Å². The molecule has 1 saturated carbocycles. The molecule has 1 N–H and O–H groups in total. The Morgan fingerprint density at radius 2 is 1.71 bits per heavy atom. The van der Waals surface area contributed by atoms with Gasteiger partial charge in [-0.05, 0) is 42.0 Å². The van der Waals surface area contributed by atoms with Gasteiger partial charge in [-0.15, -0.1) is 0 Å². The van der Waals surface area contributed by atoms with Crippen LogP contribution in [0.3, 0.4) is 0 Å². The molecule has 0 bridgehead atoms. The van der Waals surface area contributed by atoms with Crippen molar-refractivity contribution in [1.29, 1.82) is 0 Å². The van der Waals surface area contributed by atoms with Gasteiger partial charge in [0.05, 0.1) is 13.7 Å². The predicted octanol–water partition coefficient (Wildman–Crippen LogP) is 3.66. The van der Waals surface area contributed by atoms with Crippen molar-refractivity contribution in [1.82, 2.24) is 5.48 Å². The zero-order valence-electron chi connectivity index (χ0n) is 12.3. The highest BCUT2D eigenvalue weighted by Crippen LogP contribution is 2.37. The summed E-state index contributed by atoms with van der Waals surface area (Å²) in [6.45, 7) is 0.616. The van der Waals surface area contributed by atoms with Crippen molar-refractivity contribution >= 4 is 0 Å². The molecule has 0 atom stereocenters. The minimum Gasteiger partial charge on any atom is -0.497 e. The summed E-state index contributed by atoms with van der Waals surface area (Å²) in [6.07, 6.45) is 2.25. The lowest BCUT2D eigenvalue weighted by atomic mass is 9.76. The third kappa shape index (κ3) is 3.63. The first-order valence-electron chi connectivity index (χ1n) is 7.40. The molecule has 0 aromatic heterocycles. The number of nitrogens with one attached hydrogen (secondary N) is 1. The molecule has 110 valence electrons. The topological polar surface area (TPSA) is 30.5 Å². The number of hydrogen-bond donors (Lipinski definition) is 1. The van der Waals surface area contributed by atoms with Crippen molar-refractivity contribution in [2.24, 2.45) is 0 Å². The second-order valence-corrected chi connectivity index (χ2v) is 5.53. The molecule has 3 rings (SSSR count). The van der Waals surface area contributed by atoms with Gasteiger partial charge < -0.3 is 4.74 Å². The van der Waals surface area contributed by atoms with Crippen molar-refractivity contribution in [3.05, 3.63) is 65.7 Å². The van der Waals surface area contributed by atoms with Crippen LogP contribution in [0.1, 0.15) is 29.9 Å². The maximum atomic E-state index is 5.57. The largest absolute Gasteiger partial charge is 0.497 e. The van der Waals surface area contributed by atoms with Crippen molar-refractivity contribution < 1.29 is 9.57 Å². The number of ether oxygens (including phenoxy) is 1. The van der Waals surface area contributed by atoms with Crippen LogP contribution < -0.4 is 10.2 Å². The first-order valence-corrected chi connectivity index (χ1v) is 7.40. The zero-order valence-corrected chi connectivity index (χ0v) is 12.3. The predicted molar refractivity (Wildman–Crippen MR) is 83.1 cm³/mol. The minimum atomic E-state index is 0.459. The van der Waals surface area contributed by atoms with Crippen LogP contribution in [0.5, 0.6) is 5.75 Å². The van der Waals surface area contributed by atoms with Gasteiger partial charge in [-0.25, -0.2) is 0 Å². The summed E-state index contributed by atoms with van der Waals surface area (Å²) >= 11 is 0. The van der Waals surface area contributed by atoms with E-state index >= 15 is 0 Å². The minimum absolute atomic E-state index is 0.459. The zero-order chi connectivity index (χ0) is 14.5. The van der Waals surface area contributed by atoms with E-state index in [9.17, 15) is 0 Å². The van der Waals surface area contributed by atoms with Gasteiger partial charge >= 0.3 is 0 Å². The molecule has 3 nitrogen and oxygen atoms in total. The lowest BCUT2D eigenvalue weighted by Crippen LogP contribution is -2.39. The SMILES string of the molecule is COc1ccc(C2CC(NOCc3ccccc3)C2)cc1. The van der Waals surface area contributed by atoms with Crippen LogP contribution in [-0.2, 0) is 11.4 Å². The van der Waals surface area contributed by atoms with E-state index in [1.54, 1.807) is 7.11 Å². The van der Waals surface area contributed by atoms with E-state index in [2.05, 4.69) is 29.7 Å². The number of benzene rings is 2. The number of hydrogen-bond acceptors (Lipinski definition) is 3. The molecular weight excluding hydrogens is 262 g/mol. The maximum absolute atomic E-state index is 5.57. The van der Waals surface area contributed by atoms with Gasteiger partial charge in [-0.3, -0.25) is 4.84 Å². The lowest BCUT2D eigenvalue weighted by molar-refractivity contribution is -0.0197. The van der Waals surface area contributed by atoms with Gasteiger partial charge in [0.15, 0.2) is 0 Å². The van der Waals surface area contributed by atoms with E-state index in [1.165, 1.54) is 11.1 Å². The van der Waals surface area contributed by atoms with Crippen molar-refractivity contribution in [2.75, 3.05) is 7.11 Å². The number of methoxy groups -OCH3 is 1. The molecular formula is C18H21NO2. The molecule has 0 aliphatic heterocycles. The van der Waals surface area contributed by atoms with E-state index in [1.807, 2.05) is 30.3 Å². The first kappa shape index (κ1) is 14.1. The van der Waals surface area contributed by atoms with Gasteiger partial charge in [0.2, 0.25) is 0 Å². The fourth-order valence-corrected chi connectivity index (χ4v) is 2.68. The van der Waals surface area contributed by atoms with Crippen molar-refractivity contribution in [3.8, 4) is 5.75 Å². The van der Waals surface area contributed by atoms with E-state index < -0.39 is 0 Å². The molecule has 0 spiro atoms. The first-order chi connectivity index (χ1) is 10.3. The molecule has 0 saturated heterocycles. The van der Waals surface area contributed by atoms with Crippen LogP contribution in [0.4, 0.5) is 0 Å². The second kappa shape index (κ2) is 6.74. The monoisotopic (exact) mass is 283 g/mol. The molecule has 0 unspecified atom stereocenters. The third-order valence-electron chi connectivity index (χ3n) is 4.06. The fraction of sp³-hybridized carbons (Fsp3) is 0.333. The summed E-state index contributed by atoms with van der Waals surface area (Å²) in [6, 6.07) is 19.1. The Bertz CT molecular complexity index is 547. The highest BCUT2D eigenvalue weighted by molar-refractivity contribution is 5.30.